The third-order valence-corrected chi connectivity index (χ3v) is 7.94. The average Bonchev–Trinajstić information content (AvgIpc) is 3.38. The number of aromatic nitrogens is 1. The van der Waals surface area contributed by atoms with E-state index in [9.17, 15) is 14.0 Å². The minimum Gasteiger partial charge on any atom is -0.375 e. The molecule has 2 fully saturated rings. The van der Waals surface area contributed by atoms with Crippen LogP contribution in [0.5, 0.6) is 0 Å². The van der Waals surface area contributed by atoms with Crippen LogP contribution in [0, 0.1) is 17.7 Å². The van der Waals surface area contributed by atoms with Crippen LogP contribution in [0.2, 0.25) is 0 Å². The molecule has 6 rings (SSSR count). The fraction of sp³-hybridized carbons (Fsp3) is 0.222. The number of rotatable bonds is 5. The van der Waals surface area contributed by atoms with Crippen LogP contribution in [0.3, 0.4) is 0 Å². The number of nitrogens with one attached hydrogen (secondary N) is 1. The van der Waals surface area contributed by atoms with E-state index < -0.39 is 0 Å². The van der Waals surface area contributed by atoms with Crippen molar-refractivity contribution in [1.29, 1.82) is 0 Å². The van der Waals surface area contributed by atoms with Gasteiger partial charge >= 0.3 is 0 Å². The average molecular weight is 487 g/mol. The van der Waals surface area contributed by atoms with Gasteiger partial charge in [-0.2, -0.15) is 0 Å². The third-order valence-electron chi connectivity index (χ3n) is 7.00. The molecule has 1 saturated carbocycles. The number of nitrogens with zero attached hydrogens (tertiary/aromatic N) is 2. The SMILES string of the molecule is Nc1nc(C(=O)N2C[C@@H]3C[C@@H]3[C@H]2CNC(=O)c2cccc3ccccc23)c(-c2cccc(F)c2)s1. The molecule has 2 amide bonds. The number of piperidine rings is 1. The highest BCUT2D eigenvalue weighted by molar-refractivity contribution is 7.19. The standard InChI is InChI=1S/C27H23FN4O2S/c28-18-8-3-7-16(11-18)24-23(31-27(29)35-24)26(34)32-14-17-12-21(17)22(32)13-30-25(33)20-10-4-6-15-5-1-2-9-19(15)20/h1-11,17,21-22H,12-14H2,(H2,29,31)(H,30,33)/t17-,21-,22+/m0/s1. The van der Waals surface area contributed by atoms with Gasteiger partial charge in [0.25, 0.3) is 11.8 Å². The first-order valence-electron chi connectivity index (χ1n) is 11.6. The zero-order valence-electron chi connectivity index (χ0n) is 18.8. The second-order valence-electron chi connectivity index (χ2n) is 9.16. The summed E-state index contributed by atoms with van der Waals surface area (Å²) in [6, 6.07) is 19.4. The van der Waals surface area contributed by atoms with Crippen molar-refractivity contribution in [3.8, 4) is 10.4 Å². The lowest BCUT2D eigenvalue weighted by Gasteiger charge is -2.27. The van der Waals surface area contributed by atoms with Crippen molar-refractivity contribution in [1.82, 2.24) is 15.2 Å². The summed E-state index contributed by atoms with van der Waals surface area (Å²) >= 11 is 1.18. The van der Waals surface area contributed by atoms with E-state index in [4.69, 9.17) is 5.73 Å². The van der Waals surface area contributed by atoms with Gasteiger partial charge in [0.2, 0.25) is 0 Å². The number of amides is 2. The van der Waals surface area contributed by atoms with Gasteiger partial charge in [0.05, 0.1) is 10.9 Å². The van der Waals surface area contributed by atoms with Crippen LogP contribution < -0.4 is 11.1 Å². The van der Waals surface area contributed by atoms with E-state index in [0.717, 1.165) is 17.2 Å². The van der Waals surface area contributed by atoms with Gasteiger partial charge in [-0.05, 0) is 52.8 Å². The number of fused-ring (bicyclic) bond motifs is 2. The van der Waals surface area contributed by atoms with E-state index in [-0.39, 0.29) is 34.5 Å². The van der Waals surface area contributed by atoms with Crippen molar-refractivity contribution in [2.75, 3.05) is 18.8 Å². The largest absolute Gasteiger partial charge is 0.375 e. The van der Waals surface area contributed by atoms with Crippen molar-refractivity contribution < 1.29 is 14.0 Å². The van der Waals surface area contributed by atoms with Gasteiger partial charge in [-0.15, -0.1) is 0 Å². The first-order chi connectivity index (χ1) is 17.0. The molecule has 3 N–H and O–H groups in total. The van der Waals surface area contributed by atoms with Gasteiger partial charge in [0.15, 0.2) is 5.13 Å². The van der Waals surface area contributed by atoms with Crippen LogP contribution in [0.4, 0.5) is 9.52 Å². The normalized spacial score (nSPS) is 20.6. The van der Waals surface area contributed by atoms with Crippen molar-refractivity contribution >= 4 is 39.1 Å². The molecular formula is C27H23FN4O2S. The smallest absolute Gasteiger partial charge is 0.274 e. The summed E-state index contributed by atoms with van der Waals surface area (Å²) in [6.07, 6.45) is 1.05. The molecule has 8 heteroatoms. The van der Waals surface area contributed by atoms with E-state index >= 15 is 0 Å². The number of hydrogen-bond acceptors (Lipinski definition) is 5. The summed E-state index contributed by atoms with van der Waals surface area (Å²) in [5, 5.41) is 5.23. The zero-order valence-corrected chi connectivity index (χ0v) is 19.6. The molecule has 4 aromatic rings. The Hall–Kier alpha value is -3.78. The molecule has 0 bridgehead atoms. The minimum atomic E-state index is -0.385. The van der Waals surface area contributed by atoms with Crippen LogP contribution in [0.25, 0.3) is 21.2 Å². The molecule has 3 aromatic carbocycles. The van der Waals surface area contributed by atoms with Gasteiger partial charge in [-0.1, -0.05) is 59.9 Å². The van der Waals surface area contributed by atoms with Crippen molar-refractivity contribution in [2.24, 2.45) is 11.8 Å². The van der Waals surface area contributed by atoms with Crippen LogP contribution >= 0.6 is 11.3 Å². The predicted molar refractivity (Wildman–Crippen MR) is 135 cm³/mol. The second kappa shape index (κ2) is 8.46. The Morgan fingerprint density at radius 3 is 2.77 bits per heavy atom. The maximum Gasteiger partial charge on any atom is 0.274 e. The number of likely N-dealkylation sites (tertiary alicyclic amines) is 1. The fourth-order valence-electron chi connectivity index (χ4n) is 5.23. The van der Waals surface area contributed by atoms with Gasteiger partial charge in [-0.3, -0.25) is 9.59 Å². The molecule has 1 aliphatic carbocycles. The summed E-state index contributed by atoms with van der Waals surface area (Å²) in [4.78, 5) is 33.4. The van der Waals surface area contributed by atoms with Crippen LogP contribution in [0.15, 0.2) is 66.7 Å². The maximum atomic E-state index is 13.8. The Bertz CT molecular complexity index is 1460. The molecule has 0 unspecified atom stereocenters. The summed E-state index contributed by atoms with van der Waals surface area (Å²) in [5.74, 6) is 0.0298. The number of hydrogen-bond donors (Lipinski definition) is 2. The molecule has 1 saturated heterocycles. The lowest BCUT2D eigenvalue weighted by molar-refractivity contribution is 0.0691. The molecule has 1 aliphatic heterocycles. The highest BCUT2D eigenvalue weighted by Gasteiger charge is 2.54. The second-order valence-corrected chi connectivity index (χ2v) is 10.2. The Labute approximate surface area is 205 Å². The van der Waals surface area contributed by atoms with Gasteiger partial charge < -0.3 is 16.0 Å². The molecule has 3 atom stereocenters. The topological polar surface area (TPSA) is 88.3 Å². The monoisotopic (exact) mass is 486 g/mol. The highest BCUT2D eigenvalue weighted by Crippen LogP contribution is 2.50. The highest BCUT2D eigenvalue weighted by atomic mass is 32.1. The van der Waals surface area contributed by atoms with E-state index in [2.05, 4.69) is 10.3 Å². The van der Waals surface area contributed by atoms with E-state index in [1.54, 1.807) is 17.0 Å². The third kappa shape index (κ3) is 3.93. The summed E-state index contributed by atoms with van der Waals surface area (Å²) in [7, 11) is 0. The number of halogens is 1. The number of carbonyl (C=O) groups is 2. The Morgan fingerprint density at radius 2 is 1.91 bits per heavy atom. The van der Waals surface area contributed by atoms with Gasteiger partial charge in [0, 0.05) is 18.7 Å². The molecule has 1 aromatic heterocycles. The van der Waals surface area contributed by atoms with Gasteiger partial charge in [-0.25, -0.2) is 9.37 Å². The molecular weight excluding hydrogens is 463 g/mol. The molecule has 2 aliphatic rings. The lowest BCUT2D eigenvalue weighted by Crippen LogP contribution is -2.45. The summed E-state index contributed by atoms with van der Waals surface area (Å²) in [5.41, 5.74) is 7.39. The maximum absolute atomic E-state index is 13.8. The Morgan fingerprint density at radius 1 is 1.11 bits per heavy atom. The summed E-state index contributed by atoms with van der Waals surface area (Å²) in [6.45, 7) is 0.988. The quantitative estimate of drug-likeness (QED) is 0.432. The first-order valence-corrected chi connectivity index (χ1v) is 12.4. The van der Waals surface area contributed by atoms with E-state index in [1.165, 1.54) is 23.5 Å². The molecule has 0 spiro atoms. The van der Waals surface area contributed by atoms with Crippen molar-refractivity contribution in [3.05, 3.63) is 83.8 Å². The van der Waals surface area contributed by atoms with Crippen LogP contribution in [0.1, 0.15) is 27.3 Å². The van der Waals surface area contributed by atoms with Crippen LogP contribution in [-0.2, 0) is 0 Å². The van der Waals surface area contributed by atoms with Crippen molar-refractivity contribution in [2.45, 2.75) is 12.5 Å². The Balaban J connectivity index is 1.23. The number of benzene rings is 3. The molecule has 35 heavy (non-hydrogen) atoms. The summed E-state index contributed by atoms with van der Waals surface area (Å²) < 4.78 is 13.8. The Kier molecular flexibility index (Phi) is 5.25. The van der Waals surface area contributed by atoms with E-state index in [0.29, 0.717) is 40.9 Å². The number of anilines is 1. The number of nitrogen functional groups attached to an aromatic ring is 1. The van der Waals surface area contributed by atoms with E-state index in [1.807, 2.05) is 42.5 Å². The first kappa shape index (κ1) is 21.7. The molecule has 6 nitrogen and oxygen atoms in total. The number of carbonyl (C=O) groups excluding carboxylic acids is 2. The van der Waals surface area contributed by atoms with Crippen molar-refractivity contribution in [3.63, 3.8) is 0 Å². The molecule has 176 valence electrons. The lowest BCUT2D eigenvalue weighted by atomic mass is 10.0. The molecule has 2 heterocycles. The predicted octanol–water partition coefficient (Wildman–Crippen LogP) is 4.58. The number of nitrogens with two attached hydrogens (primary N) is 1. The number of thiazole rings is 1. The minimum absolute atomic E-state index is 0.116. The zero-order chi connectivity index (χ0) is 24.1. The fourth-order valence-corrected chi connectivity index (χ4v) is 6.05. The molecule has 0 radical (unpaired) electrons. The van der Waals surface area contributed by atoms with Crippen LogP contribution in [-0.4, -0.2) is 40.8 Å². The van der Waals surface area contributed by atoms with Gasteiger partial charge in [0.1, 0.15) is 11.5 Å².